The van der Waals surface area contributed by atoms with E-state index in [1.54, 1.807) is 5.80 Å². The molecule has 0 saturated heterocycles. The van der Waals surface area contributed by atoms with Crippen LogP contribution >= 0.6 is 6.89 Å². The number of halogens is 1. The summed E-state index contributed by atoms with van der Waals surface area (Å²) in [5, 5.41) is 3.15. The minimum absolute atomic E-state index is 0.228. The molecule has 132 valence electrons. The molecule has 0 fully saturated rings. The molecule has 0 bridgehead atoms. The number of hydrogen-bond acceptors (Lipinski definition) is 2. The summed E-state index contributed by atoms with van der Waals surface area (Å²) >= 11 is 0. The van der Waals surface area contributed by atoms with Crippen LogP contribution in [0.2, 0.25) is 0 Å². The molecule has 0 heterocycles. The molecule has 4 heteroatoms. The Hall–Kier alpha value is -2.64. The van der Waals surface area contributed by atoms with E-state index in [1.165, 1.54) is 0 Å². The lowest BCUT2D eigenvalue weighted by molar-refractivity contribution is -0.135. The van der Waals surface area contributed by atoms with E-state index in [-0.39, 0.29) is 6.61 Å². The predicted molar refractivity (Wildman–Crippen MR) is 108 cm³/mol. The van der Waals surface area contributed by atoms with Gasteiger partial charge < -0.3 is 4.74 Å². The fourth-order valence-corrected chi connectivity index (χ4v) is 6.65. The first-order valence-electron chi connectivity index (χ1n) is 8.41. The predicted octanol–water partition coefficient (Wildman–Crippen LogP) is 3.30. The van der Waals surface area contributed by atoms with Crippen LogP contribution in [-0.2, 0) is 9.53 Å². The molecule has 3 rings (SSSR count). The van der Waals surface area contributed by atoms with Crippen molar-refractivity contribution in [3.63, 3.8) is 0 Å². The van der Waals surface area contributed by atoms with Crippen LogP contribution in [0.4, 0.5) is 4.39 Å². The highest BCUT2D eigenvalue weighted by molar-refractivity contribution is 7.95. The van der Waals surface area contributed by atoms with E-state index in [9.17, 15) is 9.18 Å². The Morgan fingerprint density at radius 3 is 1.50 bits per heavy atom. The second kappa shape index (κ2) is 8.64. The van der Waals surface area contributed by atoms with Crippen molar-refractivity contribution in [1.82, 2.24) is 0 Å². The van der Waals surface area contributed by atoms with Crippen LogP contribution in [0.15, 0.2) is 91.0 Å². The number of hydrogen-bond donors (Lipinski definition) is 0. The fourth-order valence-electron chi connectivity index (χ4n) is 2.99. The normalized spacial score (nSPS) is 11.0. The summed E-state index contributed by atoms with van der Waals surface area (Å²) in [5.74, 6) is 1.16. The highest BCUT2D eigenvalue weighted by Gasteiger charge is 2.26. The highest BCUT2D eigenvalue weighted by Crippen LogP contribution is 2.43. The smallest absolute Gasteiger partial charge is 0.331 e. The minimum atomic E-state index is -2.37. The zero-order valence-corrected chi connectivity index (χ0v) is 15.2. The molecule has 0 spiro atoms. The summed E-state index contributed by atoms with van der Waals surface area (Å²) in [6.07, 6.45) is 0. The number of benzene rings is 3. The summed E-state index contributed by atoms with van der Waals surface area (Å²) in [7, 11) is 0. The van der Waals surface area contributed by atoms with Crippen LogP contribution in [0.25, 0.3) is 0 Å². The molecule has 0 aliphatic heterocycles. The number of carbonyl (C=O) groups is 1. The third kappa shape index (κ3) is 3.79. The van der Waals surface area contributed by atoms with E-state index in [0.717, 1.165) is 15.9 Å². The SMILES string of the molecule is O=C(C=P(c1ccccc1)(c1ccccc1)c1ccccc1)OCCF. The van der Waals surface area contributed by atoms with Gasteiger partial charge in [-0.1, -0.05) is 91.0 Å². The maximum Gasteiger partial charge on any atom is 0.331 e. The van der Waals surface area contributed by atoms with Crippen LogP contribution in [-0.4, -0.2) is 25.0 Å². The van der Waals surface area contributed by atoms with Gasteiger partial charge in [0.2, 0.25) is 0 Å². The van der Waals surface area contributed by atoms with Crippen molar-refractivity contribution in [1.29, 1.82) is 0 Å². The van der Waals surface area contributed by atoms with Crippen LogP contribution in [0.1, 0.15) is 0 Å². The summed E-state index contributed by atoms with van der Waals surface area (Å²) < 4.78 is 17.5. The number of ether oxygens (including phenoxy) is 1. The van der Waals surface area contributed by atoms with Crippen molar-refractivity contribution >= 4 is 34.6 Å². The molecule has 0 amide bonds. The van der Waals surface area contributed by atoms with Crippen molar-refractivity contribution < 1.29 is 13.9 Å². The number of rotatable bonds is 6. The molecule has 0 atom stereocenters. The molecule has 0 unspecified atom stereocenters. The average molecular weight is 366 g/mol. The van der Waals surface area contributed by atoms with Gasteiger partial charge in [-0.3, -0.25) is 0 Å². The molecule has 3 aromatic rings. The van der Waals surface area contributed by atoms with Gasteiger partial charge in [-0.15, -0.1) is 0 Å². The maximum absolute atomic E-state index is 12.5. The average Bonchev–Trinajstić information content (AvgIpc) is 2.72. The topological polar surface area (TPSA) is 26.3 Å². The van der Waals surface area contributed by atoms with Crippen molar-refractivity contribution in [2.75, 3.05) is 13.3 Å². The Kier molecular flexibility index (Phi) is 6.04. The molecule has 2 nitrogen and oxygen atoms in total. The lowest BCUT2D eigenvalue weighted by Gasteiger charge is -2.28. The largest absolute Gasteiger partial charge is 0.460 e. The monoisotopic (exact) mass is 366 g/mol. The summed E-state index contributed by atoms with van der Waals surface area (Å²) in [6.45, 7) is -3.29. The maximum atomic E-state index is 12.5. The Bertz CT molecular complexity index is 790. The van der Waals surface area contributed by atoms with E-state index in [1.807, 2.05) is 91.0 Å². The van der Waals surface area contributed by atoms with Gasteiger partial charge >= 0.3 is 5.97 Å². The number of esters is 1. The molecule has 0 saturated carbocycles. The van der Waals surface area contributed by atoms with Gasteiger partial charge in [-0.2, -0.15) is 0 Å². The van der Waals surface area contributed by atoms with Gasteiger partial charge in [-0.25, -0.2) is 9.18 Å². The third-order valence-corrected chi connectivity index (χ3v) is 8.05. The summed E-state index contributed by atoms with van der Waals surface area (Å²) in [5.41, 5.74) is 0. The second-order valence-electron chi connectivity index (χ2n) is 5.71. The van der Waals surface area contributed by atoms with Crippen LogP contribution in [0.3, 0.4) is 0 Å². The third-order valence-electron chi connectivity index (χ3n) is 4.11. The van der Waals surface area contributed by atoms with Gasteiger partial charge in [0.05, 0.1) is 0 Å². The van der Waals surface area contributed by atoms with Crippen LogP contribution in [0.5, 0.6) is 0 Å². The van der Waals surface area contributed by atoms with Crippen molar-refractivity contribution in [3.05, 3.63) is 91.0 Å². The fraction of sp³-hybridized carbons (Fsp3) is 0.0909. The van der Waals surface area contributed by atoms with E-state index in [0.29, 0.717) is 0 Å². The van der Waals surface area contributed by atoms with Gasteiger partial charge in [0.15, 0.2) is 0 Å². The molecular weight excluding hydrogens is 346 g/mol. The van der Waals surface area contributed by atoms with E-state index in [2.05, 4.69) is 0 Å². The van der Waals surface area contributed by atoms with Gasteiger partial charge in [0.25, 0.3) is 0 Å². The van der Waals surface area contributed by atoms with E-state index in [4.69, 9.17) is 4.74 Å². The molecule has 26 heavy (non-hydrogen) atoms. The first-order valence-corrected chi connectivity index (χ1v) is 10.3. The van der Waals surface area contributed by atoms with E-state index >= 15 is 0 Å². The Morgan fingerprint density at radius 1 is 0.769 bits per heavy atom. The first kappa shape index (κ1) is 18.2. The molecule has 0 N–H and O–H groups in total. The lowest BCUT2D eigenvalue weighted by atomic mass is 10.4. The zero-order valence-electron chi connectivity index (χ0n) is 14.3. The van der Waals surface area contributed by atoms with Crippen molar-refractivity contribution in [2.24, 2.45) is 0 Å². The molecule has 3 aromatic carbocycles. The lowest BCUT2D eigenvalue weighted by Crippen LogP contribution is -2.29. The Balaban J connectivity index is 2.32. The molecule has 0 aliphatic carbocycles. The van der Waals surface area contributed by atoms with E-state index < -0.39 is 19.5 Å². The van der Waals surface area contributed by atoms with Crippen LogP contribution < -0.4 is 15.9 Å². The molecular formula is C22H20FO2P. The Labute approximate surface area is 153 Å². The van der Waals surface area contributed by atoms with Crippen molar-refractivity contribution in [3.8, 4) is 0 Å². The molecule has 0 radical (unpaired) electrons. The second-order valence-corrected chi connectivity index (χ2v) is 8.97. The van der Waals surface area contributed by atoms with Crippen molar-refractivity contribution in [2.45, 2.75) is 0 Å². The van der Waals surface area contributed by atoms with Gasteiger partial charge in [0.1, 0.15) is 13.3 Å². The quantitative estimate of drug-likeness (QED) is 0.494. The molecule has 0 aromatic heterocycles. The number of carbonyl (C=O) groups excluding carboxylic acids is 1. The molecule has 0 aliphatic rings. The number of alkyl halides is 1. The summed E-state index contributed by atoms with van der Waals surface area (Å²) in [6, 6.07) is 29.9. The Morgan fingerprint density at radius 2 is 1.15 bits per heavy atom. The summed E-state index contributed by atoms with van der Waals surface area (Å²) in [4.78, 5) is 12.5. The highest BCUT2D eigenvalue weighted by atomic mass is 31.2. The zero-order chi connectivity index (χ0) is 18.2. The van der Waals surface area contributed by atoms with Crippen LogP contribution in [0, 0.1) is 0 Å². The first-order chi connectivity index (χ1) is 12.8. The minimum Gasteiger partial charge on any atom is -0.460 e. The standard InChI is InChI=1S/C22H20FO2P/c23-16-17-25-22(24)18-26(19-10-4-1-5-11-19,20-12-6-2-7-13-20)21-14-8-3-9-15-21/h1-15,18H,16-17H2. The van der Waals surface area contributed by atoms with Gasteiger partial charge in [-0.05, 0) is 22.8 Å². The van der Waals surface area contributed by atoms with Gasteiger partial charge in [0, 0.05) is 5.80 Å².